The van der Waals surface area contributed by atoms with Crippen molar-refractivity contribution >= 4 is 27.4 Å². The molecule has 1 aliphatic carbocycles. The zero-order chi connectivity index (χ0) is 13.6. The van der Waals surface area contributed by atoms with E-state index in [-0.39, 0.29) is 0 Å². The molecule has 0 radical (unpaired) electrons. The maximum atomic E-state index is 6.30. The molecule has 0 atom stereocenters. The van der Waals surface area contributed by atoms with Crippen LogP contribution in [0, 0.1) is 12.8 Å². The third-order valence-electron chi connectivity index (χ3n) is 4.37. The fourth-order valence-corrected chi connectivity index (χ4v) is 3.35. The van der Waals surface area contributed by atoms with Crippen molar-refractivity contribution in [1.82, 2.24) is 9.38 Å². The number of anilines is 1. The van der Waals surface area contributed by atoms with Crippen molar-refractivity contribution < 1.29 is 0 Å². The van der Waals surface area contributed by atoms with E-state index >= 15 is 0 Å². The van der Waals surface area contributed by atoms with Crippen LogP contribution in [0.15, 0.2) is 16.7 Å². The third-order valence-corrected chi connectivity index (χ3v) is 5.20. The molecular weight excluding hydrogens is 302 g/mol. The number of nitrogen functional groups attached to an aromatic ring is 1. The third kappa shape index (κ3) is 2.27. The molecule has 1 saturated carbocycles. The largest absolute Gasteiger partial charge is 0.383 e. The lowest BCUT2D eigenvalue weighted by molar-refractivity contribution is 0.345. The molecule has 1 aliphatic rings. The molecule has 3 nitrogen and oxygen atoms in total. The molecular formula is C15H20BrN3. The van der Waals surface area contributed by atoms with Crippen LogP contribution < -0.4 is 5.73 Å². The summed E-state index contributed by atoms with van der Waals surface area (Å²) < 4.78 is 3.08. The summed E-state index contributed by atoms with van der Waals surface area (Å²) in [5, 5.41) is 0. The number of aryl methyl sites for hydroxylation is 1. The highest BCUT2D eigenvalue weighted by Gasteiger charge is 2.24. The van der Waals surface area contributed by atoms with Crippen LogP contribution in [0.4, 0.5) is 5.82 Å². The van der Waals surface area contributed by atoms with Crippen LogP contribution in [0.1, 0.15) is 49.8 Å². The van der Waals surface area contributed by atoms with E-state index in [2.05, 4.69) is 35.8 Å². The first-order valence-corrected chi connectivity index (χ1v) is 7.79. The zero-order valence-corrected chi connectivity index (χ0v) is 13.1. The molecule has 1 fully saturated rings. The standard InChI is InChI=1S/C15H20BrN3/c1-9-3-5-11(6-4-9)14-15(17)19-8-12(16)10(2)7-13(19)18-14/h7-9,11H,3-6,17H2,1-2H3. The van der Waals surface area contributed by atoms with E-state index in [0.29, 0.717) is 5.92 Å². The number of halogens is 1. The van der Waals surface area contributed by atoms with E-state index in [1.54, 1.807) is 0 Å². The summed E-state index contributed by atoms with van der Waals surface area (Å²) in [7, 11) is 0. The van der Waals surface area contributed by atoms with Crippen LogP contribution in [0.5, 0.6) is 0 Å². The molecule has 0 saturated heterocycles. The average molecular weight is 322 g/mol. The van der Waals surface area contributed by atoms with Gasteiger partial charge in [-0.2, -0.15) is 0 Å². The van der Waals surface area contributed by atoms with E-state index in [1.807, 2.05) is 10.6 Å². The number of pyridine rings is 1. The summed E-state index contributed by atoms with van der Waals surface area (Å²) in [5.74, 6) is 2.20. The Balaban J connectivity index is 2.02. The molecule has 19 heavy (non-hydrogen) atoms. The van der Waals surface area contributed by atoms with Gasteiger partial charge >= 0.3 is 0 Å². The van der Waals surface area contributed by atoms with Gasteiger partial charge in [0.2, 0.25) is 0 Å². The Hall–Kier alpha value is -1.03. The second-order valence-electron chi connectivity index (χ2n) is 5.87. The van der Waals surface area contributed by atoms with Crippen molar-refractivity contribution in [2.75, 3.05) is 5.73 Å². The number of imidazole rings is 1. The summed E-state index contributed by atoms with van der Waals surface area (Å²) >= 11 is 3.56. The van der Waals surface area contributed by atoms with Crippen molar-refractivity contribution in [3.63, 3.8) is 0 Å². The fourth-order valence-electron chi connectivity index (χ4n) is 3.03. The molecule has 0 aliphatic heterocycles. The van der Waals surface area contributed by atoms with Gasteiger partial charge in [-0.25, -0.2) is 4.98 Å². The molecule has 2 aromatic rings. The van der Waals surface area contributed by atoms with E-state index < -0.39 is 0 Å². The van der Waals surface area contributed by atoms with Gasteiger partial charge in [-0.3, -0.25) is 4.40 Å². The van der Waals surface area contributed by atoms with Crippen molar-refractivity contribution in [3.8, 4) is 0 Å². The van der Waals surface area contributed by atoms with Gasteiger partial charge in [0.25, 0.3) is 0 Å². The van der Waals surface area contributed by atoms with Crippen molar-refractivity contribution in [3.05, 3.63) is 28.0 Å². The van der Waals surface area contributed by atoms with E-state index in [4.69, 9.17) is 10.7 Å². The Bertz CT molecular complexity index is 609. The molecule has 2 heterocycles. The first-order valence-electron chi connectivity index (χ1n) is 7.00. The number of fused-ring (bicyclic) bond motifs is 1. The van der Waals surface area contributed by atoms with Gasteiger partial charge in [-0.15, -0.1) is 0 Å². The predicted octanol–water partition coefficient (Wildman–Crippen LogP) is 4.28. The second-order valence-corrected chi connectivity index (χ2v) is 6.73. The highest BCUT2D eigenvalue weighted by molar-refractivity contribution is 9.10. The summed E-state index contributed by atoms with van der Waals surface area (Å²) in [6.07, 6.45) is 7.05. The minimum Gasteiger partial charge on any atom is -0.383 e. The monoisotopic (exact) mass is 321 g/mol. The van der Waals surface area contributed by atoms with E-state index in [0.717, 1.165) is 27.5 Å². The molecule has 2 N–H and O–H groups in total. The number of nitrogens with zero attached hydrogens (tertiary/aromatic N) is 2. The van der Waals surface area contributed by atoms with Crippen LogP contribution >= 0.6 is 15.9 Å². The molecule has 0 unspecified atom stereocenters. The molecule has 4 heteroatoms. The highest BCUT2D eigenvalue weighted by Crippen LogP contribution is 2.38. The lowest BCUT2D eigenvalue weighted by Crippen LogP contribution is -2.12. The molecule has 0 amide bonds. The summed E-state index contributed by atoms with van der Waals surface area (Å²) in [6, 6.07) is 2.09. The van der Waals surface area contributed by atoms with Gasteiger partial charge in [0.05, 0.1) is 5.69 Å². The van der Waals surface area contributed by atoms with Crippen LogP contribution in [-0.4, -0.2) is 9.38 Å². The number of aromatic nitrogens is 2. The van der Waals surface area contributed by atoms with Crippen molar-refractivity contribution in [2.45, 2.75) is 45.4 Å². The smallest absolute Gasteiger partial charge is 0.139 e. The normalized spacial score (nSPS) is 23.9. The topological polar surface area (TPSA) is 43.3 Å². The summed E-state index contributed by atoms with van der Waals surface area (Å²) in [6.45, 7) is 4.42. The van der Waals surface area contributed by atoms with Crippen LogP contribution in [0.25, 0.3) is 5.65 Å². The highest BCUT2D eigenvalue weighted by atomic mass is 79.9. The minimum absolute atomic E-state index is 0.537. The number of hydrogen-bond acceptors (Lipinski definition) is 2. The minimum atomic E-state index is 0.537. The van der Waals surface area contributed by atoms with Crippen LogP contribution in [0.3, 0.4) is 0 Å². The summed E-state index contributed by atoms with van der Waals surface area (Å²) in [5.41, 5.74) is 9.56. The van der Waals surface area contributed by atoms with Crippen LogP contribution in [-0.2, 0) is 0 Å². The van der Waals surface area contributed by atoms with Gasteiger partial charge in [-0.1, -0.05) is 19.8 Å². The number of rotatable bonds is 1. The van der Waals surface area contributed by atoms with Gasteiger partial charge < -0.3 is 5.73 Å². The fraction of sp³-hybridized carbons (Fsp3) is 0.533. The SMILES string of the molecule is Cc1cc2nc(C3CCC(C)CC3)c(N)n2cc1Br. The maximum Gasteiger partial charge on any atom is 0.139 e. The Morgan fingerprint density at radius 1 is 1.32 bits per heavy atom. The van der Waals surface area contributed by atoms with E-state index in [1.165, 1.54) is 31.2 Å². The first kappa shape index (κ1) is 13.0. The molecule has 3 rings (SSSR count). The lowest BCUT2D eigenvalue weighted by atomic mass is 9.81. The number of nitrogens with two attached hydrogens (primary N) is 1. The molecule has 0 bridgehead atoms. The maximum absolute atomic E-state index is 6.30. The molecule has 102 valence electrons. The Morgan fingerprint density at radius 3 is 2.68 bits per heavy atom. The Kier molecular flexibility index (Phi) is 3.29. The van der Waals surface area contributed by atoms with Gasteiger partial charge in [-0.05, 0) is 53.2 Å². The van der Waals surface area contributed by atoms with Gasteiger partial charge in [0.1, 0.15) is 11.5 Å². The van der Waals surface area contributed by atoms with Crippen molar-refractivity contribution in [1.29, 1.82) is 0 Å². The first-order chi connectivity index (χ1) is 9.06. The lowest BCUT2D eigenvalue weighted by Gasteiger charge is -2.25. The Morgan fingerprint density at radius 2 is 2.00 bits per heavy atom. The zero-order valence-electron chi connectivity index (χ0n) is 11.5. The van der Waals surface area contributed by atoms with Crippen molar-refractivity contribution in [2.24, 2.45) is 5.92 Å². The molecule has 2 aromatic heterocycles. The summed E-state index contributed by atoms with van der Waals surface area (Å²) in [4.78, 5) is 4.78. The van der Waals surface area contributed by atoms with E-state index in [9.17, 15) is 0 Å². The second kappa shape index (κ2) is 4.82. The van der Waals surface area contributed by atoms with Crippen LogP contribution in [0.2, 0.25) is 0 Å². The molecule has 0 aromatic carbocycles. The predicted molar refractivity (Wildman–Crippen MR) is 82.4 cm³/mol. The molecule has 0 spiro atoms. The van der Waals surface area contributed by atoms with Gasteiger partial charge in [0.15, 0.2) is 0 Å². The van der Waals surface area contributed by atoms with Gasteiger partial charge in [0, 0.05) is 16.6 Å². The average Bonchev–Trinajstić information content (AvgIpc) is 2.69. The quantitative estimate of drug-likeness (QED) is 0.851. The number of hydrogen-bond donors (Lipinski definition) is 1. The Labute approximate surface area is 122 Å².